The summed E-state index contributed by atoms with van der Waals surface area (Å²) in [7, 11) is 2.02. The van der Waals surface area contributed by atoms with E-state index < -0.39 is 0 Å². The molecule has 2 N–H and O–H groups in total. The number of fused-ring (bicyclic) bond motifs is 1. The van der Waals surface area contributed by atoms with Crippen molar-refractivity contribution in [1.29, 1.82) is 0 Å². The summed E-state index contributed by atoms with van der Waals surface area (Å²) in [6.45, 7) is 1.06. The van der Waals surface area contributed by atoms with Crippen LogP contribution in [0.4, 0.5) is 0 Å². The lowest BCUT2D eigenvalue weighted by Crippen LogP contribution is -2.40. The molecule has 0 aliphatic heterocycles. The Kier molecular flexibility index (Phi) is 3.23. The fourth-order valence-corrected chi connectivity index (χ4v) is 4.76. The zero-order valence-electron chi connectivity index (χ0n) is 13.1. The number of phenols is 1. The second-order valence-electron chi connectivity index (χ2n) is 6.74. The molecule has 0 saturated carbocycles. The molecule has 0 spiro atoms. The molecule has 2 aromatic carbocycles. The normalized spacial score (nSPS) is 24.9. The third-order valence-corrected chi connectivity index (χ3v) is 5.67. The molecule has 5 rings (SSSR count). The van der Waals surface area contributed by atoms with Gasteiger partial charge >= 0.3 is 0 Å². The van der Waals surface area contributed by atoms with Gasteiger partial charge in [-0.2, -0.15) is 0 Å². The van der Waals surface area contributed by atoms with Crippen LogP contribution < -0.4 is 5.32 Å². The molecular formula is C20H23NO. The summed E-state index contributed by atoms with van der Waals surface area (Å²) in [5.41, 5.74) is 5.97. The highest BCUT2D eigenvalue weighted by Crippen LogP contribution is 2.58. The number of hydrogen-bond acceptors (Lipinski definition) is 2. The van der Waals surface area contributed by atoms with Crippen LogP contribution in [0.15, 0.2) is 42.5 Å². The molecule has 2 aromatic rings. The van der Waals surface area contributed by atoms with Crippen LogP contribution in [-0.4, -0.2) is 18.7 Å². The Morgan fingerprint density at radius 3 is 2.82 bits per heavy atom. The number of aromatic hydroxyl groups is 1. The maximum absolute atomic E-state index is 9.95. The summed E-state index contributed by atoms with van der Waals surface area (Å²) in [6, 6.07) is 15.0. The molecule has 0 amide bonds. The first-order valence-electron chi connectivity index (χ1n) is 8.34. The largest absolute Gasteiger partial charge is 0.508 e. The minimum atomic E-state index is 0.144. The Hall–Kier alpha value is -1.80. The monoisotopic (exact) mass is 293 g/mol. The number of hydrogen-bond donors (Lipinski definition) is 2. The van der Waals surface area contributed by atoms with E-state index in [0.29, 0.717) is 11.7 Å². The van der Waals surface area contributed by atoms with Crippen molar-refractivity contribution in [3.63, 3.8) is 0 Å². The van der Waals surface area contributed by atoms with E-state index in [2.05, 4.69) is 35.6 Å². The van der Waals surface area contributed by atoms with Gasteiger partial charge in [-0.3, -0.25) is 0 Å². The van der Waals surface area contributed by atoms with Gasteiger partial charge in [0.05, 0.1) is 0 Å². The summed E-state index contributed by atoms with van der Waals surface area (Å²) in [5, 5.41) is 13.2. The third kappa shape index (κ3) is 1.83. The molecule has 0 heterocycles. The van der Waals surface area contributed by atoms with Gasteiger partial charge < -0.3 is 10.4 Å². The second-order valence-corrected chi connectivity index (χ2v) is 6.74. The molecule has 2 bridgehead atoms. The van der Waals surface area contributed by atoms with E-state index in [4.69, 9.17) is 0 Å². The van der Waals surface area contributed by atoms with E-state index in [-0.39, 0.29) is 5.41 Å². The first-order chi connectivity index (χ1) is 10.8. The van der Waals surface area contributed by atoms with Crippen molar-refractivity contribution in [1.82, 2.24) is 5.32 Å². The molecule has 3 aliphatic rings. The Balaban J connectivity index is 1.89. The topological polar surface area (TPSA) is 32.3 Å². The van der Waals surface area contributed by atoms with E-state index in [1.165, 1.54) is 47.9 Å². The van der Waals surface area contributed by atoms with Crippen molar-refractivity contribution in [2.24, 2.45) is 0 Å². The molecule has 0 aromatic heterocycles. The molecule has 22 heavy (non-hydrogen) atoms. The van der Waals surface area contributed by atoms with Crippen LogP contribution in [0.2, 0.25) is 0 Å². The molecule has 2 nitrogen and oxygen atoms in total. The lowest BCUT2D eigenvalue weighted by molar-refractivity contribution is 0.340. The standard InChI is InChI=1S/C20H23NO/c1-21-12-4-10-20-11-9-15(16-5-2-3-6-18(16)20)17-13-14(22)7-8-19(17)20/h2-3,5-8,13,15,21-22H,4,9-12H2,1H3. The quantitative estimate of drug-likeness (QED) is 0.838. The van der Waals surface area contributed by atoms with Gasteiger partial charge in [0.1, 0.15) is 5.75 Å². The van der Waals surface area contributed by atoms with Gasteiger partial charge in [0.15, 0.2) is 0 Å². The fourth-order valence-electron chi connectivity index (χ4n) is 4.76. The Bertz CT molecular complexity index is 709. The summed E-state index contributed by atoms with van der Waals surface area (Å²) in [6.07, 6.45) is 4.79. The second kappa shape index (κ2) is 5.13. The molecular weight excluding hydrogens is 270 g/mol. The summed E-state index contributed by atoms with van der Waals surface area (Å²) in [5.74, 6) is 0.860. The smallest absolute Gasteiger partial charge is 0.115 e. The summed E-state index contributed by atoms with van der Waals surface area (Å²) >= 11 is 0. The average molecular weight is 293 g/mol. The lowest BCUT2D eigenvalue weighted by Gasteiger charge is -2.50. The Morgan fingerprint density at radius 2 is 1.95 bits per heavy atom. The first-order valence-corrected chi connectivity index (χ1v) is 8.34. The van der Waals surface area contributed by atoms with Crippen molar-refractivity contribution in [3.05, 3.63) is 64.7 Å². The molecule has 2 heteroatoms. The Morgan fingerprint density at radius 1 is 1.14 bits per heavy atom. The van der Waals surface area contributed by atoms with Gasteiger partial charge in [0.2, 0.25) is 0 Å². The van der Waals surface area contributed by atoms with E-state index in [1.54, 1.807) is 0 Å². The van der Waals surface area contributed by atoms with Crippen LogP contribution in [0.25, 0.3) is 0 Å². The van der Waals surface area contributed by atoms with Gasteiger partial charge in [-0.25, -0.2) is 0 Å². The van der Waals surface area contributed by atoms with Crippen molar-refractivity contribution < 1.29 is 5.11 Å². The van der Waals surface area contributed by atoms with Crippen LogP contribution in [0.1, 0.15) is 53.9 Å². The summed E-state index contributed by atoms with van der Waals surface area (Å²) < 4.78 is 0. The van der Waals surface area contributed by atoms with Gasteiger partial charge in [-0.05, 0) is 73.7 Å². The highest BCUT2D eigenvalue weighted by Gasteiger charge is 2.47. The number of phenolic OH excluding ortho intramolecular Hbond substituents is 1. The van der Waals surface area contributed by atoms with E-state index in [9.17, 15) is 5.11 Å². The SMILES string of the molecule is CNCCCC12CCC(c3ccccc31)c1cc(O)ccc12. The maximum Gasteiger partial charge on any atom is 0.115 e. The van der Waals surface area contributed by atoms with Crippen molar-refractivity contribution >= 4 is 0 Å². The van der Waals surface area contributed by atoms with E-state index >= 15 is 0 Å². The molecule has 2 unspecified atom stereocenters. The molecule has 0 saturated heterocycles. The van der Waals surface area contributed by atoms with Crippen molar-refractivity contribution in [2.45, 2.75) is 37.0 Å². The molecule has 0 radical (unpaired) electrons. The zero-order chi connectivity index (χ0) is 15.2. The minimum absolute atomic E-state index is 0.144. The Labute approximate surface area is 132 Å². The fraction of sp³-hybridized carbons (Fsp3) is 0.400. The van der Waals surface area contributed by atoms with Crippen molar-refractivity contribution in [3.8, 4) is 5.75 Å². The van der Waals surface area contributed by atoms with E-state index in [0.717, 1.165) is 6.54 Å². The van der Waals surface area contributed by atoms with Crippen LogP contribution >= 0.6 is 0 Å². The average Bonchev–Trinajstić information content (AvgIpc) is 2.55. The highest BCUT2D eigenvalue weighted by molar-refractivity contribution is 5.60. The predicted octanol–water partition coefficient (Wildman–Crippen LogP) is 3.92. The van der Waals surface area contributed by atoms with Gasteiger partial charge in [-0.15, -0.1) is 0 Å². The van der Waals surface area contributed by atoms with Gasteiger partial charge in [-0.1, -0.05) is 30.3 Å². The molecule has 114 valence electrons. The molecule has 0 fully saturated rings. The lowest BCUT2D eigenvalue weighted by atomic mass is 9.54. The van der Waals surface area contributed by atoms with E-state index in [1.807, 2.05) is 19.2 Å². The third-order valence-electron chi connectivity index (χ3n) is 5.67. The van der Waals surface area contributed by atoms with Crippen molar-refractivity contribution in [2.75, 3.05) is 13.6 Å². The van der Waals surface area contributed by atoms with Crippen LogP contribution in [0.3, 0.4) is 0 Å². The van der Waals surface area contributed by atoms with Crippen LogP contribution in [-0.2, 0) is 5.41 Å². The molecule has 3 aliphatic carbocycles. The number of nitrogens with one attached hydrogen (secondary N) is 1. The molecule has 2 atom stereocenters. The maximum atomic E-state index is 9.95. The predicted molar refractivity (Wildman–Crippen MR) is 89.6 cm³/mol. The summed E-state index contributed by atoms with van der Waals surface area (Å²) in [4.78, 5) is 0. The zero-order valence-corrected chi connectivity index (χ0v) is 13.1. The van der Waals surface area contributed by atoms with Crippen LogP contribution in [0, 0.1) is 0 Å². The minimum Gasteiger partial charge on any atom is -0.508 e. The van der Waals surface area contributed by atoms with Gasteiger partial charge in [0, 0.05) is 11.3 Å². The highest BCUT2D eigenvalue weighted by atomic mass is 16.3. The first kappa shape index (κ1) is 13.8. The number of rotatable bonds is 4. The van der Waals surface area contributed by atoms with Crippen LogP contribution in [0.5, 0.6) is 5.75 Å². The van der Waals surface area contributed by atoms with Gasteiger partial charge in [0.25, 0.3) is 0 Å². The number of benzene rings is 2.